The highest BCUT2D eigenvalue weighted by Gasteiger charge is 2.40. The second-order valence-electron chi connectivity index (χ2n) is 6.28. The van der Waals surface area contributed by atoms with Gasteiger partial charge in [-0.25, -0.2) is 4.79 Å². The van der Waals surface area contributed by atoms with Crippen LogP contribution in [0.4, 0.5) is 4.79 Å². The second-order valence-corrected chi connectivity index (χ2v) is 6.28. The number of amides is 2. The van der Waals surface area contributed by atoms with Gasteiger partial charge in [-0.05, 0) is 18.8 Å². The van der Waals surface area contributed by atoms with Gasteiger partial charge in [-0.3, -0.25) is 4.79 Å². The Bertz CT molecular complexity index is 347. The lowest BCUT2D eigenvalue weighted by Crippen LogP contribution is -2.55. The first-order valence-corrected chi connectivity index (χ1v) is 8.18. The predicted molar refractivity (Wildman–Crippen MR) is 83.3 cm³/mol. The highest BCUT2D eigenvalue weighted by Crippen LogP contribution is 2.35. The molecular formula is C16H30N2O3. The van der Waals surface area contributed by atoms with Crippen LogP contribution in [-0.2, 0) is 4.79 Å². The zero-order valence-corrected chi connectivity index (χ0v) is 13.7. The summed E-state index contributed by atoms with van der Waals surface area (Å²) in [5.74, 6) is -0.333. The number of carbonyl (C=O) groups excluding carboxylic acids is 1. The SMILES string of the molecule is CCC(CC)CNC(=O)N(C)C1(CC(=O)O)CCCCC1. The molecule has 0 aromatic rings. The zero-order chi connectivity index (χ0) is 15.9. The molecule has 1 rings (SSSR count). The molecule has 0 saturated heterocycles. The fourth-order valence-electron chi connectivity index (χ4n) is 3.27. The molecule has 2 N–H and O–H groups in total. The van der Waals surface area contributed by atoms with Crippen molar-refractivity contribution in [1.29, 1.82) is 0 Å². The molecule has 1 saturated carbocycles. The maximum absolute atomic E-state index is 12.4. The largest absolute Gasteiger partial charge is 0.481 e. The van der Waals surface area contributed by atoms with Crippen LogP contribution in [0.5, 0.6) is 0 Å². The maximum atomic E-state index is 12.4. The third-order valence-corrected chi connectivity index (χ3v) is 4.98. The summed E-state index contributed by atoms with van der Waals surface area (Å²) in [5.41, 5.74) is -0.512. The zero-order valence-electron chi connectivity index (χ0n) is 13.7. The van der Waals surface area contributed by atoms with Gasteiger partial charge in [-0.2, -0.15) is 0 Å². The number of carboxylic acid groups (broad SMARTS) is 1. The average molecular weight is 298 g/mol. The molecule has 0 bridgehead atoms. The van der Waals surface area contributed by atoms with Crippen molar-refractivity contribution in [1.82, 2.24) is 10.2 Å². The summed E-state index contributed by atoms with van der Waals surface area (Å²) in [6.07, 6.45) is 6.82. The molecule has 0 aromatic heterocycles. The maximum Gasteiger partial charge on any atom is 0.317 e. The van der Waals surface area contributed by atoms with E-state index in [-0.39, 0.29) is 12.5 Å². The number of rotatable bonds is 7. The number of aliphatic carboxylic acids is 1. The normalized spacial score (nSPS) is 17.5. The minimum absolute atomic E-state index is 0.0436. The van der Waals surface area contributed by atoms with Gasteiger partial charge < -0.3 is 15.3 Å². The molecule has 0 spiro atoms. The summed E-state index contributed by atoms with van der Waals surface area (Å²) >= 11 is 0. The molecule has 21 heavy (non-hydrogen) atoms. The van der Waals surface area contributed by atoms with Crippen LogP contribution >= 0.6 is 0 Å². The summed E-state index contributed by atoms with van der Waals surface area (Å²) in [6.45, 7) is 4.91. The van der Waals surface area contributed by atoms with Crippen molar-refractivity contribution in [3.05, 3.63) is 0 Å². The van der Waals surface area contributed by atoms with E-state index in [1.165, 1.54) is 0 Å². The van der Waals surface area contributed by atoms with Crippen molar-refractivity contribution in [3.63, 3.8) is 0 Å². The summed E-state index contributed by atoms with van der Waals surface area (Å²) in [6, 6.07) is -0.134. The first kappa shape index (κ1) is 17.8. The Labute approximate surface area is 128 Å². The van der Waals surface area contributed by atoms with Crippen LogP contribution < -0.4 is 5.32 Å². The Kier molecular flexibility index (Phi) is 6.99. The minimum Gasteiger partial charge on any atom is -0.481 e. The van der Waals surface area contributed by atoms with E-state index in [1.807, 2.05) is 0 Å². The van der Waals surface area contributed by atoms with Gasteiger partial charge in [0.15, 0.2) is 0 Å². The number of carboxylic acids is 1. The molecule has 0 heterocycles. The summed E-state index contributed by atoms with van der Waals surface area (Å²) in [7, 11) is 1.75. The van der Waals surface area contributed by atoms with Crippen LogP contribution in [0.2, 0.25) is 0 Å². The van der Waals surface area contributed by atoms with Gasteiger partial charge in [0, 0.05) is 13.6 Å². The van der Waals surface area contributed by atoms with E-state index in [2.05, 4.69) is 19.2 Å². The quantitative estimate of drug-likeness (QED) is 0.758. The summed E-state index contributed by atoms with van der Waals surface area (Å²) < 4.78 is 0. The monoisotopic (exact) mass is 298 g/mol. The standard InChI is InChI=1S/C16H30N2O3/c1-4-13(5-2)12-17-15(21)18(3)16(11-14(19)20)9-7-6-8-10-16/h13H,4-12H2,1-3H3,(H,17,21)(H,19,20). The molecular weight excluding hydrogens is 268 g/mol. The van der Waals surface area contributed by atoms with Crippen molar-refractivity contribution >= 4 is 12.0 Å². The highest BCUT2D eigenvalue weighted by molar-refractivity contribution is 5.76. The molecule has 0 atom stereocenters. The van der Waals surface area contributed by atoms with Gasteiger partial charge in [-0.1, -0.05) is 46.0 Å². The van der Waals surface area contributed by atoms with E-state index in [1.54, 1.807) is 11.9 Å². The van der Waals surface area contributed by atoms with Gasteiger partial charge >= 0.3 is 12.0 Å². The van der Waals surface area contributed by atoms with Gasteiger partial charge in [0.2, 0.25) is 0 Å². The Morgan fingerprint density at radius 3 is 2.24 bits per heavy atom. The van der Waals surface area contributed by atoms with Gasteiger partial charge in [0.25, 0.3) is 0 Å². The molecule has 0 aliphatic heterocycles. The van der Waals surface area contributed by atoms with Crippen molar-refractivity contribution in [2.24, 2.45) is 5.92 Å². The fraction of sp³-hybridized carbons (Fsp3) is 0.875. The van der Waals surface area contributed by atoms with Crippen molar-refractivity contribution in [2.45, 2.75) is 70.8 Å². The van der Waals surface area contributed by atoms with Crippen molar-refractivity contribution < 1.29 is 14.7 Å². The predicted octanol–water partition coefficient (Wildman–Crippen LogP) is 3.24. The topological polar surface area (TPSA) is 69.6 Å². The Balaban J connectivity index is 2.68. The third-order valence-electron chi connectivity index (χ3n) is 4.98. The molecule has 0 radical (unpaired) electrons. The van der Waals surface area contributed by atoms with E-state index in [0.29, 0.717) is 12.5 Å². The molecule has 5 heteroatoms. The lowest BCUT2D eigenvalue weighted by atomic mass is 9.78. The second kappa shape index (κ2) is 8.25. The fourth-order valence-corrected chi connectivity index (χ4v) is 3.27. The molecule has 122 valence electrons. The van der Waals surface area contributed by atoms with E-state index in [9.17, 15) is 14.7 Å². The first-order valence-electron chi connectivity index (χ1n) is 8.18. The molecule has 5 nitrogen and oxygen atoms in total. The molecule has 1 aliphatic rings. The van der Waals surface area contributed by atoms with Crippen LogP contribution in [0.15, 0.2) is 0 Å². The van der Waals surface area contributed by atoms with E-state index in [4.69, 9.17) is 0 Å². The molecule has 2 amide bonds. The molecule has 1 aliphatic carbocycles. The number of carbonyl (C=O) groups is 2. The highest BCUT2D eigenvalue weighted by atomic mass is 16.4. The first-order chi connectivity index (χ1) is 9.95. The average Bonchev–Trinajstić information content (AvgIpc) is 2.47. The Hall–Kier alpha value is -1.26. The number of hydrogen-bond acceptors (Lipinski definition) is 2. The van der Waals surface area contributed by atoms with Crippen LogP contribution in [-0.4, -0.2) is 41.1 Å². The summed E-state index contributed by atoms with van der Waals surface area (Å²) in [4.78, 5) is 25.2. The van der Waals surface area contributed by atoms with Gasteiger partial charge in [0.1, 0.15) is 0 Å². The minimum atomic E-state index is -0.823. The summed E-state index contributed by atoms with van der Waals surface area (Å²) in [5, 5.41) is 12.2. The van der Waals surface area contributed by atoms with E-state index >= 15 is 0 Å². The van der Waals surface area contributed by atoms with E-state index in [0.717, 1.165) is 44.9 Å². The third kappa shape index (κ3) is 4.90. The van der Waals surface area contributed by atoms with Gasteiger partial charge in [-0.15, -0.1) is 0 Å². The van der Waals surface area contributed by atoms with Gasteiger partial charge in [0.05, 0.1) is 12.0 Å². The van der Waals surface area contributed by atoms with Crippen LogP contribution in [0.3, 0.4) is 0 Å². The van der Waals surface area contributed by atoms with Crippen LogP contribution in [0.1, 0.15) is 65.2 Å². The lowest BCUT2D eigenvalue weighted by Gasteiger charge is -2.43. The smallest absolute Gasteiger partial charge is 0.317 e. The van der Waals surface area contributed by atoms with Crippen LogP contribution in [0.25, 0.3) is 0 Å². The lowest BCUT2D eigenvalue weighted by molar-refractivity contribution is -0.140. The van der Waals surface area contributed by atoms with Crippen molar-refractivity contribution in [2.75, 3.05) is 13.6 Å². The van der Waals surface area contributed by atoms with E-state index < -0.39 is 11.5 Å². The number of nitrogens with one attached hydrogen (secondary N) is 1. The van der Waals surface area contributed by atoms with Crippen molar-refractivity contribution in [3.8, 4) is 0 Å². The number of urea groups is 1. The van der Waals surface area contributed by atoms with Crippen LogP contribution in [0, 0.1) is 5.92 Å². The molecule has 0 unspecified atom stereocenters. The number of hydrogen-bond donors (Lipinski definition) is 2. The molecule has 0 aromatic carbocycles. The Morgan fingerprint density at radius 2 is 1.76 bits per heavy atom. The molecule has 1 fully saturated rings. The number of nitrogens with zero attached hydrogens (tertiary/aromatic N) is 1. The Morgan fingerprint density at radius 1 is 1.19 bits per heavy atom.